The van der Waals surface area contributed by atoms with E-state index in [1.54, 1.807) is 6.20 Å². The van der Waals surface area contributed by atoms with Crippen molar-refractivity contribution in [3.8, 4) is 28.1 Å². The molecule has 3 N–H and O–H groups in total. The lowest BCUT2D eigenvalue weighted by Crippen LogP contribution is -2.44. The van der Waals surface area contributed by atoms with Crippen LogP contribution in [0.3, 0.4) is 0 Å². The van der Waals surface area contributed by atoms with Crippen molar-refractivity contribution in [1.29, 1.82) is 0 Å². The number of piperidine rings is 1. The molecule has 8 nitrogen and oxygen atoms in total. The maximum absolute atomic E-state index is 12.7. The summed E-state index contributed by atoms with van der Waals surface area (Å²) in [5, 5.41) is 13.3. The number of nitrogens with zero attached hydrogens (tertiary/aromatic N) is 2. The smallest absolute Gasteiger partial charge is 0.257 e. The first-order chi connectivity index (χ1) is 20.5. The van der Waals surface area contributed by atoms with Gasteiger partial charge in [0.05, 0.1) is 22.2 Å². The highest BCUT2D eigenvalue weighted by Gasteiger charge is 2.22. The van der Waals surface area contributed by atoms with Crippen LogP contribution in [0, 0.1) is 0 Å². The van der Waals surface area contributed by atoms with Crippen LogP contribution in [0.15, 0.2) is 95.9 Å². The third kappa shape index (κ3) is 5.70. The van der Waals surface area contributed by atoms with Crippen LogP contribution >= 0.6 is 0 Å². The number of benzene rings is 3. The Morgan fingerprint density at radius 2 is 1.74 bits per heavy atom. The van der Waals surface area contributed by atoms with E-state index in [0.29, 0.717) is 22.8 Å². The van der Waals surface area contributed by atoms with Gasteiger partial charge in [-0.25, -0.2) is 4.98 Å². The number of fused-ring (bicyclic) bond motifs is 1. The number of aldehydes is 1. The van der Waals surface area contributed by atoms with Gasteiger partial charge in [0, 0.05) is 48.6 Å². The molecular formula is C34H30N4O4. The molecule has 0 spiro atoms. The number of pyridine rings is 2. The lowest BCUT2D eigenvalue weighted by molar-refractivity contribution is 0.0909. The molecule has 1 saturated heterocycles. The lowest BCUT2D eigenvalue weighted by Gasteiger charge is -2.32. The highest BCUT2D eigenvalue weighted by molar-refractivity contribution is 5.96. The maximum atomic E-state index is 12.7. The van der Waals surface area contributed by atoms with E-state index in [9.17, 15) is 19.5 Å². The van der Waals surface area contributed by atoms with Crippen molar-refractivity contribution >= 4 is 23.1 Å². The van der Waals surface area contributed by atoms with Gasteiger partial charge < -0.3 is 15.4 Å². The number of hydrogen-bond acceptors (Lipinski definition) is 6. The first-order valence-electron chi connectivity index (χ1n) is 14.0. The van der Waals surface area contributed by atoms with Gasteiger partial charge in [0.1, 0.15) is 5.75 Å². The lowest BCUT2D eigenvalue weighted by atomic mass is 9.97. The number of carbonyl (C=O) groups is 2. The van der Waals surface area contributed by atoms with Gasteiger partial charge in [-0.1, -0.05) is 54.6 Å². The van der Waals surface area contributed by atoms with Crippen molar-refractivity contribution in [3.63, 3.8) is 0 Å². The van der Waals surface area contributed by atoms with E-state index in [4.69, 9.17) is 4.98 Å². The number of phenols is 1. The van der Waals surface area contributed by atoms with Crippen molar-refractivity contribution in [2.24, 2.45) is 0 Å². The quantitative estimate of drug-likeness (QED) is 0.238. The molecular weight excluding hydrogens is 528 g/mol. The average Bonchev–Trinajstić information content (AvgIpc) is 3.02. The molecule has 5 aromatic rings. The van der Waals surface area contributed by atoms with Crippen LogP contribution in [-0.2, 0) is 6.54 Å². The summed E-state index contributed by atoms with van der Waals surface area (Å²) in [6, 6.07) is 26.5. The summed E-state index contributed by atoms with van der Waals surface area (Å²) in [5.41, 5.74) is 5.86. The first-order valence-corrected chi connectivity index (χ1v) is 14.0. The van der Waals surface area contributed by atoms with E-state index in [2.05, 4.69) is 39.5 Å². The molecule has 1 fully saturated rings. The monoisotopic (exact) mass is 558 g/mol. The zero-order chi connectivity index (χ0) is 29.1. The Balaban J connectivity index is 1.13. The molecule has 2 aromatic heterocycles. The number of carbonyl (C=O) groups excluding carboxylic acids is 2. The second-order valence-electron chi connectivity index (χ2n) is 10.6. The van der Waals surface area contributed by atoms with Crippen LogP contribution in [0.1, 0.15) is 39.1 Å². The van der Waals surface area contributed by atoms with Gasteiger partial charge in [-0.3, -0.25) is 19.3 Å². The summed E-state index contributed by atoms with van der Waals surface area (Å²) >= 11 is 0. The number of nitrogens with one attached hydrogen (secondary N) is 2. The van der Waals surface area contributed by atoms with Crippen LogP contribution in [0.4, 0.5) is 0 Å². The standard InChI is InChI=1S/C34H30N4O4/c39-21-26-18-25(10-11-31(26)40)33(41)36-27-13-16-38(17-14-27)20-22-6-8-24(9-7-22)32-28(23-4-2-1-3-5-23)19-29-30(37-32)12-15-35-34(29)42/h1-12,15,18-19,21,27,40H,13-14,16-17,20H2,(H,35,42)(H,36,41). The number of rotatable bonds is 7. The van der Waals surface area contributed by atoms with Gasteiger partial charge in [-0.15, -0.1) is 0 Å². The van der Waals surface area contributed by atoms with Crippen molar-refractivity contribution < 1.29 is 14.7 Å². The average molecular weight is 559 g/mol. The van der Waals surface area contributed by atoms with E-state index >= 15 is 0 Å². The molecule has 210 valence electrons. The summed E-state index contributed by atoms with van der Waals surface area (Å²) in [6.07, 6.45) is 3.81. The Kier molecular flexibility index (Phi) is 7.62. The van der Waals surface area contributed by atoms with Crippen molar-refractivity contribution in [2.75, 3.05) is 13.1 Å². The fraction of sp³-hybridized carbons (Fsp3) is 0.176. The Morgan fingerprint density at radius 3 is 2.48 bits per heavy atom. The Hall–Kier alpha value is -5.08. The minimum Gasteiger partial charge on any atom is -0.507 e. The molecule has 8 heteroatoms. The summed E-state index contributed by atoms with van der Waals surface area (Å²) in [5.74, 6) is -0.376. The highest BCUT2D eigenvalue weighted by atomic mass is 16.3. The van der Waals surface area contributed by atoms with Gasteiger partial charge >= 0.3 is 0 Å². The Bertz CT molecular complexity index is 1810. The van der Waals surface area contributed by atoms with Crippen molar-refractivity contribution in [2.45, 2.75) is 25.4 Å². The minimum atomic E-state index is -0.242. The summed E-state index contributed by atoms with van der Waals surface area (Å²) in [4.78, 5) is 46.3. The van der Waals surface area contributed by atoms with E-state index < -0.39 is 0 Å². The number of likely N-dealkylation sites (tertiary alicyclic amines) is 1. The molecule has 42 heavy (non-hydrogen) atoms. The van der Waals surface area contributed by atoms with Crippen LogP contribution in [-0.4, -0.2) is 51.3 Å². The molecule has 6 rings (SSSR count). The molecule has 1 amide bonds. The fourth-order valence-electron chi connectivity index (χ4n) is 5.49. The molecule has 1 aliphatic rings. The maximum Gasteiger partial charge on any atom is 0.257 e. The third-order valence-corrected chi connectivity index (χ3v) is 7.81. The number of aromatic hydroxyl groups is 1. The zero-order valence-corrected chi connectivity index (χ0v) is 22.9. The van der Waals surface area contributed by atoms with E-state index in [0.717, 1.165) is 54.9 Å². The summed E-state index contributed by atoms with van der Waals surface area (Å²) < 4.78 is 0. The van der Waals surface area contributed by atoms with Crippen LogP contribution in [0.5, 0.6) is 5.75 Å². The van der Waals surface area contributed by atoms with E-state index in [-0.39, 0.29) is 28.8 Å². The number of H-pyrrole nitrogens is 1. The van der Waals surface area contributed by atoms with Gasteiger partial charge in [0.25, 0.3) is 11.5 Å². The van der Waals surface area contributed by atoms with Crippen molar-refractivity contribution in [3.05, 3.63) is 118 Å². The molecule has 0 bridgehead atoms. The number of aromatic nitrogens is 2. The zero-order valence-electron chi connectivity index (χ0n) is 22.9. The van der Waals surface area contributed by atoms with Crippen LogP contribution in [0.25, 0.3) is 33.3 Å². The minimum absolute atomic E-state index is 0.0484. The van der Waals surface area contributed by atoms with Crippen LogP contribution in [0.2, 0.25) is 0 Å². The van der Waals surface area contributed by atoms with Gasteiger partial charge in [-0.2, -0.15) is 0 Å². The van der Waals surface area contributed by atoms with E-state index in [1.807, 2.05) is 42.5 Å². The largest absolute Gasteiger partial charge is 0.507 e. The number of aromatic amines is 1. The molecule has 0 aliphatic carbocycles. The summed E-state index contributed by atoms with van der Waals surface area (Å²) in [7, 11) is 0. The molecule has 0 atom stereocenters. The van der Waals surface area contributed by atoms with Crippen LogP contribution < -0.4 is 10.9 Å². The van der Waals surface area contributed by atoms with Gasteiger partial charge in [0.2, 0.25) is 0 Å². The van der Waals surface area contributed by atoms with Crippen molar-refractivity contribution in [1.82, 2.24) is 20.2 Å². The summed E-state index contributed by atoms with van der Waals surface area (Å²) in [6.45, 7) is 2.50. The van der Waals surface area contributed by atoms with E-state index in [1.165, 1.54) is 23.8 Å². The fourth-order valence-corrected chi connectivity index (χ4v) is 5.49. The normalized spacial score (nSPS) is 14.1. The highest BCUT2D eigenvalue weighted by Crippen LogP contribution is 2.33. The molecule has 0 radical (unpaired) electrons. The number of phenolic OH excluding ortho intramolecular Hbond substituents is 1. The molecule has 1 aliphatic heterocycles. The van der Waals surface area contributed by atoms with Gasteiger partial charge in [-0.05, 0) is 54.3 Å². The Morgan fingerprint density at radius 1 is 0.976 bits per heavy atom. The second kappa shape index (κ2) is 11.8. The second-order valence-corrected chi connectivity index (χ2v) is 10.6. The molecule has 3 aromatic carbocycles. The number of amides is 1. The molecule has 0 unspecified atom stereocenters. The third-order valence-electron chi connectivity index (χ3n) is 7.81. The van der Waals surface area contributed by atoms with Gasteiger partial charge in [0.15, 0.2) is 6.29 Å². The topological polar surface area (TPSA) is 115 Å². The SMILES string of the molecule is O=Cc1cc(C(=O)NC2CCN(Cc3ccc(-c4nc5cc[nH]c(=O)c5cc4-c4ccccc4)cc3)CC2)ccc1O. The first kappa shape index (κ1) is 27.1. The number of hydrogen-bond donors (Lipinski definition) is 3. The molecule has 0 saturated carbocycles. The Labute approximate surface area is 242 Å². The molecule has 3 heterocycles. The predicted octanol–water partition coefficient (Wildman–Crippen LogP) is 5.17. The predicted molar refractivity (Wildman–Crippen MR) is 162 cm³/mol.